The molecular weight excluding hydrogens is 180 g/mol. The van der Waals surface area contributed by atoms with Crippen LogP contribution in [0.3, 0.4) is 0 Å². The van der Waals surface area contributed by atoms with Crippen LogP contribution in [0.2, 0.25) is 5.15 Å². The maximum Gasteiger partial charge on any atom is 0.158 e. The number of hydrogen-bond acceptors (Lipinski definition) is 3. The van der Waals surface area contributed by atoms with Gasteiger partial charge in [-0.3, -0.25) is 0 Å². The van der Waals surface area contributed by atoms with Crippen LogP contribution in [0.15, 0.2) is 0 Å². The van der Waals surface area contributed by atoms with Crippen LogP contribution < -0.4 is 0 Å². The predicted molar refractivity (Wildman–Crippen MR) is 45.9 cm³/mol. The molecule has 0 amide bonds. The first-order chi connectivity index (χ1) is 5.15. The van der Waals surface area contributed by atoms with Crippen molar-refractivity contribution in [2.75, 3.05) is 0 Å². The van der Waals surface area contributed by atoms with Crippen molar-refractivity contribution in [1.82, 2.24) is 4.98 Å². The Hall–Kier alpha value is -0.590. The third-order valence-electron chi connectivity index (χ3n) is 1.20. The van der Waals surface area contributed by atoms with E-state index in [0.29, 0.717) is 15.9 Å². The standard InChI is InChI=1S/C7H7ClN2S/c1-4(2)7-10-6(8)5(3-9)11-7/h4H,1-2H3. The van der Waals surface area contributed by atoms with Crippen molar-refractivity contribution < 1.29 is 0 Å². The second kappa shape index (κ2) is 3.21. The van der Waals surface area contributed by atoms with E-state index in [9.17, 15) is 0 Å². The zero-order valence-corrected chi connectivity index (χ0v) is 7.83. The molecule has 0 aliphatic heterocycles. The van der Waals surface area contributed by atoms with Crippen molar-refractivity contribution in [3.8, 4) is 6.07 Å². The molecule has 0 unspecified atom stereocenters. The Bertz CT molecular complexity index is 298. The number of thiazole rings is 1. The summed E-state index contributed by atoms with van der Waals surface area (Å²) in [5, 5.41) is 9.81. The Kier molecular flexibility index (Phi) is 2.48. The SMILES string of the molecule is CC(C)c1nc(Cl)c(C#N)s1. The molecule has 0 spiro atoms. The fourth-order valence-corrected chi connectivity index (χ4v) is 1.69. The maximum atomic E-state index is 8.55. The average molecular weight is 187 g/mol. The Morgan fingerprint density at radius 2 is 2.27 bits per heavy atom. The van der Waals surface area contributed by atoms with Crippen LogP contribution in [-0.4, -0.2) is 4.98 Å². The molecule has 11 heavy (non-hydrogen) atoms. The lowest BCUT2D eigenvalue weighted by Crippen LogP contribution is -1.82. The van der Waals surface area contributed by atoms with Gasteiger partial charge in [0.05, 0.1) is 5.01 Å². The van der Waals surface area contributed by atoms with Gasteiger partial charge < -0.3 is 0 Å². The second-order valence-corrected chi connectivity index (χ2v) is 3.83. The molecule has 0 aromatic carbocycles. The lowest BCUT2D eigenvalue weighted by molar-refractivity contribution is 0.852. The molecule has 2 nitrogen and oxygen atoms in total. The molecule has 0 aliphatic rings. The topological polar surface area (TPSA) is 36.7 Å². The molecule has 0 saturated carbocycles. The summed E-state index contributed by atoms with van der Waals surface area (Å²) >= 11 is 7.03. The lowest BCUT2D eigenvalue weighted by Gasteiger charge is -1.94. The van der Waals surface area contributed by atoms with E-state index in [1.165, 1.54) is 11.3 Å². The van der Waals surface area contributed by atoms with Crippen LogP contribution in [-0.2, 0) is 0 Å². The first kappa shape index (κ1) is 8.51. The van der Waals surface area contributed by atoms with Crippen molar-refractivity contribution in [3.63, 3.8) is 0 Å². The molecule has 0 fully saturated rings. The highest BCUT2D eigenvalue weighted by Crippen LogP contribution is 2.26. The Morgan fingerprint density at radius 1 is 1.64 bits per heavy atom. The monoisotopic (exact) mass is 186 g/mol. The molecule has 1 heterocycles. The molecular formula is C7H7ClN2S. The minimum atomic E-state index is 0.334. The second-order valence-electron chi connectivity index (χ2n) is 2.44. The van der Waals surface area contributed by atoms with Crippen molar-refractivity contribution in [3.05, 3.63) is 15.0 Å². The molecule has 1 aromatic heterocycles. The fourth-order valence-electron chi connectivity index (χ4n) is 0.633. The van der Waals surface area contributed by atoms with E-state index in [4.69, 9.17) is 16.9 Å². The molecule has 0 saturated heterocycles. The largest absolute Gasteiger partial charge is 0.228 e. The van der Waals surface area contributed by atoms with E-state index >= 15 is 0 Å². The number of nitrogens with zero attached hydrogens (tertiary/aromatic N) is 2. The maximum absolute atomic E-state index is 8.55. The summed E-state index contributed by atoms with van der Waals surface area (Å²) in [6.07, 6.45) is 0. The van der Waals surface area contributed by atoms with E-state index in [1.54, 1.807) is 0 Å². The molecule has 1 rings (SSSR count). The summed E-state index contributed by atoms with van der Waals surface area (Å²) in [5.74, 6) is 0.347. The summed E-state index contributed by atoms with van der Waals surface area (Å²) in [6.45, 7) is 4.05. The molecule has 0 radical (unpaired) electrons. The van der Waals surface area contributed by atoms with Crippen LogP contribution >= 0.6 is 22.9 Å². The molecule has 0 aliphatic carbocycles. The van der Waals surface area contributed by atoms with Gasteiger partial charge in [0.2, 0.25) is 0 Å². The van der Waals surface area contributed by atoms with E-state index < -0.39 is 0 Å². The van der Waals surface area contributed by atoms with Gasteiger partial charge >= 0.3 is 0 Å². The van der Waals surface area contributed by atoms with Gasteiger partial charge in [0, 0.05) is 5.92 Å². The summed E-state index contributed by atoms with van der Waals surface area (Å²) in [7, 11) is 0. The minimum absolute atomic E-state index is 0.334. The van der Waals surface area contributed by atoms with Crippen LogP contribution in [0.5, 0.6) is 0 Å². The van der Waals surface area contributed by atoms with Gasteiger partial charge in [-0.05, 0) is 0 Å². The van der Waals surface area contributed by atoms with Gasteiger partial charge in [0.1, 0.15) is 10.9 Å². The summed E-state index contributed by atoms with van der Waals surface area (Å²) in [5.41, 5.74) is 0. The van der Waals surface area contributed by atoms with E-state index in [-0.39, 0.29) is 0 Å². The highest BCUT2D eigenvalue weighted by Gasteiger charge is 2.10. The lowest BCUT2D eigenvalue weighted by atomic mass is 10.2. The van der Waals surface area contributed by atoms with Crippen LogP contribution in [0.4, 0.5) is 0 Å². The zero-order valence-electron chi connectivity index (χ0n) is 6.26. The van der Waals surface area contributed by atoms with Gasteiger partial charge in [-0.1, -0.05) is 25.4 Å². The molecule has 4 heteroatoms. The average Bonchev–Trinajstić information content (AvgIpc) is 2.31. The molecule has 0 N–H and O–H groups in total. The van der Waals surface area contributed by atoms with Gasteiger partial charge in [-0.2, -0.15) is 5.26 Å². The Balaban J connectivity index is 3.07. The Labute approximate surface area is 74.4 Å². The molecule has 1 aromatic rings. The van der Waals surface area contributed by atoms with Crippen LogP contribution in [0.25, 0.3) is 0 Å². The summed E-state index contributed by atoms with van der Waals surface area (Å²) in [6, 6.07) is 1.99. The molecule has 0 bridgehead atoms. The number of halogens is 1. The van der Waals surface area contributed by atoms with Crippen LogP contribution in [0, 0.1) is 11.3 Å². The third-order valence-corrected chi connectivity index (χ3v) is 2.84. The first-order valence-electron chi connectivity index (χ1n) is 3.21. The Morgan fingerprint density at radius 3 is 2.55 bits per heavy atom. The van der Waals surface area contributed by atoms with E-state index in [2.05, 4.69) is 4.98 Å². The smallest absolute Gasteiger partial charge is 0.158 e. The van der Waals surface area contributed by atoms with E-state index in [0.717, 1.165) is 5.01 Å². The normalized spacial score (nSPS) is 10.1. The number of nitriles is 1. The predicted octanol–water partition coefficient (Wildman–Crippen LogP) is 2.79. The molecule has 58 valence electrons. The number of rotatable bonds is 1. The van der Waals surface area contributed by atoms with Crippen molar-refractivity contribution >= 4 is 22.9 Å². The highest BCUT2D eigenvalue weighted by atomic mass is 35.5. The van der Waals surface area contributed by atoms with Gasteiger partial charge in [0.25, 0.3) is 0 Å². The van der Waals surface area contributed by atoms with Crippen LogP contribution in [0.1, 0.15) is 29.7 Å². The van der Waals surface area contributed by atoms with Crippen molar-refractivity contribution in [2.24, 2.45) is 0 Å². The van der Waals surface area contributed by atoms with Crippen molar-refractivity contribution in [2.45, 2.75) is 19.8 Å². The zero-order chi connectivity index (χ0) is 8.43. The van der Waals surface area contributed by atoms with Crippen molar-refractivity contribution in [1.29, 1.82) is 5.26 Å². The number of aromatic nitrogens is 1. The fraction of sp³-hybridized carbons (Fsp3) is 0.429. The highest BCUT2D eigenvalue weighted by molar-refractivity contribution is 7.12. The first-order valence-corrected chi connectivity index (χ1v) is 4.41. The minimum Gasteiger partial charge on any atom is -0.228 e. The number of hydrogen-bond donors (Lipinski definition) is 0. The quantitative estimate of drug-likeness (QED) is 0.676. The van der Waals surface area contributed by atoms with Gasteiger partial charge in [-0.25, -0.2) is 4.98 Å². The summed E-state index contributed by atoms with van der Waals surface area (Å²) in [4.78, 5) is 4.55. The van der Waals surface area contributed by atoms with E-state index in [1.807, 2.05) is 19.9 Å². The van der Waals surface area contributed by atoms with Gasteiger partial charge in [0.15, 0.2) is 5.15 Å². The third kappa shape index (κ3) is 1.70. The molecule has 0 atom stereocenters. The van der Waals surface area contributed by atoms with Gasteiger partial charge in [-0.15, -0.1) is 11.3 Å². The summed E-state index contributed by atoms with van der Waals surface area (Å²) < 4.78 is 0.